The Morgan fingerprint density at radius 2 is 1.96 bits per heavy atom. The van der Waals surface area contributed by atoms with E-state index in [0.29, 0.717) is 13.0 Å². The molecule has 5 N–H and O–H groups in total. The first-order valence-corrected chi connectivity index (χ1v) is 17.6. The highest BCUT2D eigenvalue weighted by molar-refractivity contribution is 6.17. The molecule has 9 atom stereocenters. The van der Waals surface area contributed by atoms with Gasteiger partial charge in [-0.3, -0.25) is 14.3 Å². The zero-order valence-electron chi connectivity index (χ0n) is 30.9. The summed E-state index contributed by atoms with van der Waals surface area (Å²) in [6, 6.07) is 11.6. The molecule has 0 bridgehead atoms. The van der Waals surface area contributed by atoms with E-state index in [9.17, 15) is 19.5 Å². The highest BCUT2D eigenvalue weighted by atomic mass is 19.1. The molecule has 1 aliphatic rings. The zero-order valence-corrected chi connectivity index (χ0v) is 30.9. The topological polar surface area (TPSA) is 171 Å². The number of carbonyl (C=O) groups is 2. The quantitative estimate of drug-likeness (QED) is 0.0933. The van der Waals surface area contributed by atoms with Crippen molar-refractivity contribution in [2.24, 2.45) is 11.8 Å². The van der Waals surface area contributed by atoms with E-state index in [1.807, 2.05) is 64.2 Å². The fourth-order valence-electron chi connectivity index (χ4n) is 7.12. The van der Waals surface area contributed by atoms with Crippen LogP contribution in [0.5, 0.6) is 0 Å². The van der Waals surface area contributed by atoms with Gasteiger partial charge in [0.15, 0.2) is 11.9 Å². The van der Waals surface area contributed by atoms with Gasteiger partial charge in [-0.05, 0) is 75.7 Å². The molecule has 3 aromatic rings. The number of alkyl halides is 1. The lowest BCUT2D eigenvalue weighted by Gasteiger charge is -2.44. The minimum Gasteiger partial charge on any atom is -0.454 e. The van der Waals surface area contributed by atoms with E-state index >= 15 is 4.39 Å². The second-order valence-electron chi connectivity index (χ2n) is 14.3. The first kappa shape index (κ1) is 40.2. The molecule has 4 rings (SSSR count). The smallest absolute Gasteiger partial charge is 0.352 e. The summed E-state index contributed by atoms with van der Waals surface area (Å²) in [5.74, 6) is -4.27. The minimum atomic E-state index is -3.12. The zero-order chi connectivity index (χ0) is 38.4. The van der Waals surface area contributed by atoms with Gasteiger partial charge in [0.05, 0.1) is 17.7 Å². The SMILES string of the molecule is B[C@@H]1[C@@H](C)C(=O)[C@](C)(F)C(=O)O[C@H](CC)[C@](O)(n2ccc(N)nc2=O)[C@H](NC#C)[C@@H](C)NC[C@H](C)C[C@@]1(C)OC/C=C/c1cnc2ccccc2c1. The maximum Gasteiger partial charge on any atom is 0.352 e. The van der Waals surface area contributed by atoms with E-state index in [2.05, 4.69) is 26.6 Å². The molecule has 12 nitrogen and oxygen atoms in total. The van der Waals surface area contributed by atoms with Crippen LogP contribution in [0.2, 0.25) is 5.82 Å². The summed E-state index contributed by atoms with van der Waals surface area (Å²) < 4.78 is 29.6. The Bertz CT molecular complexity index is 1880. The predicted octanol–water partition coefficient (Wildman–Crippen LogP) is 2.75. The number of nitrogens with one attached hydrogen (secondary N) is 2. The molecule has 278 valence electrons. The number of ketones is 1. The minimum absolute atomic E-state index is 0.0897. The lowest BCUT2D eigenvalue weighted by atomic mass is 9.62. The maximum atomic E-state index is 16.6. The molecule has 14 heteroatoms. The summed E-state index contributed by atoms with van der Waals surface area (Å²) >= 11 is 0. The Morgan fingerprint density at radius 1 is 1.25 bits per heavy atom. The third-order valence-electron chi connectivity index (χ3n) is 10.4. The standard InChI is InChI=1S/C38H50BFN6O6/c1-8-29-38(50,46-17-16-30(41)45-35(46)49)32(42-9-2)25(5)43-21-23(3)20-36(6,31(39)24(4)33(47)37(7,40)34(48)52-29)51-18-12-13-26-19-27-14-10-11-15-28(27)44-22-26/h2,10-17,19,22-25,29,31-32,42-43,50H,8,18,20-21,39H2,1,3-7H3,(H2,41,45,49)/b13-12+/t23-,24-,25-,29-,31-,32-,36-,37+,38-/m1/s1. The summed E-state index contributed by atoms with van der Waals surface area (Å²) in [5.41, 5.74) is 0.0485. The number of nitrogens with two attached hydrogens (primary N) is 1. The summed E-state index contributed by atoms with van der Waals surface area (Å²) in [5, 5.41) is 19.7. The Labute approximate surface area is 305 Å². The molecule has 1 aliphatic heterocycles. The molecule has 0 unspecified atom stereocenters. The van der Waals surface area contributed by atoms with E-state index < -0.39 is 64.4 Å². The molecule has 0 radical (unpaired) electrons. The third-order valence-corrected chi connectivity index (χ3v) is 10.4. The summed E-state index contributed by atoms with van der Waals surface area (Å²) in [6.07, 6.45) is 11.2. The van der Waals surface area contributed by atoms with Crippen LogP contribution in [0.1, 0.15) is 59.9 Å². The lowest BCUT2D eigenvalue weighted by molar-refractivity contribution is -0.204. The van der Waals surface area contributed by atoms with Crippen molar-refractivity contribution < 1.29 is 28.6 Å². The van der Waals surface area contributed by atoms with Gasteiger partial charge in [-0.25, -0.2) is 14.0 Å². The van der Waals surface area contributed by atoms with Gasteiger partial charge in [-0.15, -0.1) is 0 Å². The molecule has 0 aliphatic carbocycles. The number of terminal acetylenes is 1. The molecular weight excluding hydrogens is 666 g/mol. The number of halogens is 1. The first-order valence-electron chi connectivity index (χ1n) is 17.6. The van der Waals surface area contributed by atoms with Gasteiger partial charge in [-0.1, -0.05) is 57.5 Å². The maximum absolute atomic E-state index is 16.6. The molecule has 0 spiro atoms. The number of nitrogens with zero attached hydrogens (tertiary/aromatic N) is 3. The Kier molecular flexibility index (Phi) is 12.7. The van der Waals surface area contributed by atoms with Crippen molar-refractivity contribution in [3.05, 3.63) is 70.9 Å². The molecule has 0 saturated carbocycles. The number of anilines is 1. The number of hydrogen-bond acceptors (Lipinski definition) is 11. The van der Waals surface area contributed by atoms with Crippen LogP contribution in [0.4, 0.5) is 10.2 Å². The number of ether oxygens (including phenoxy) is 2. The van der Waals surface area contributed by atoms with Crippen LogP contribution in [0.25, 0.3) is 17.0 Å². The van der Waals surface area contributed by atoms with Crippen LogP contribution < -0.4 is 22.1 Å². The van der Waals surface area contributed by atoms with Crippen molar-refractivity contribution in [3.8, 4) is 12.5 Å². The monoisotopic (exact) mass is 716 g/mol. The van der Waals surface area contributed by atoms with Gasteiger partial charge in [0.1, 0.15) is 19.7 Å². The fraction of sp³-hybridized carbons (Fsp3) is 0.500. The van der Waals surface area contributed by atoms with Crippen LogP contribution in [0.15, 0.2) is 59.7 Å². The van der Waals surface area contributed by atoms with E-state index in [-0.39, 0.29) is 24.8 Å². The second kappa shape index (κ2) is 16.4. The fourth-order valence-corrected chi connectivity index (χ4v) is 7.12. The number of aliphatic hydroxyl groups is 1. The number of esters is 1. The molecule has 1 aromatic carbocycles. The Balaban J connectivity index is 1.72. The van der Waals surface area contributed by atoms with Crippen molar-refractivity contribution in [3.63, 3.8) is 0 Å². The number of carbonyl (C=O) groups excluding carboxylic acids is 2. The highest BCUT2D eigenvalue weighted by Gasteiger charge is 2.55. The molecular formula is C38H50BFN6O6. The van der Waals surface area contributed by atoms with E-state index in [4.69, 9.17) is 21.6 Å². The summed E-state index contributed by atoms with van der Waals surface area (Å²) in [7, 11) is 1.81. The van der Waals surface area contributed by atoms with Crippen LogP contribution in [-0.2, 0) is 24.8 Å². The van der Waals surface area contributed by atoms with Crippen molar-refractivity contribution >= 4 is 42.4 Å². The lowest BCUT2D eigenvalue weighted by Crippen LogP contribution is -2.67. The molecule has 2 aromatic heterocycles. The number of aromatic nitrogens is 3. The highest BCUT2D eigenvalue weighted by Crippen LogP contribution is 2.40. The second-order valence-corrected chi connectivity index (χ2v) is 14.3. The average molecular weight is 717 g/mol. The van der Waals surface area contributed by atoms with E-state index in [1.54, 1.807) is 27.0 Å². The largest absolute Gasteiger partial charge is 0.454 e. The van der Waals surface area contributed by atoms with Crippen molar-refractivity contribution in [2.75, 3.05) is 18.9 Å². The van der Waals surface area contributed by atoms with Crippen LogP contribution in [0, 0.1) is 24.3 Å². The Morgan fingerprint density at radius 3 is 2.63 bits per heavy atom. The number of fused-ring (bicyclic) bond motifs is 1. The van der Waals surface area contributed by atoms with Gasteiger partial charge in [0, 0.05) is 35.8 Å². The number of para-hydroxylation sites is 1. The number of rotatable bonds is 7. The number of Topliss-reactive ketones (excluding diaryl/α,β-unsaturated/α-hetero) is 1. The van der Waals surface area contributed by atoms with Gasteiger partial charge < -0.3 is 30.9 Å². The van der Waals surface area contributed by atoms with Gasteiger partial charge in [-0.2, -0.15) is 4.98 Å². The van der Waals surface area contributed by atoms with E-state index in [0.717, 1.165) is 28.0 Å². The predicted molar refractivity (Wildman–Crippen MR) is 201 cm³/mol. The Hall–Kier alpha value is -4.58. The first-order chi connectivity index (χ1) is 24.5. The van der Waals surface area contributed by atoms with Crippen molar-refractivity contribution in [2.45, 2.75) is 95.4 Å². The number of hydrogen-bond donors (Lipinski definition) is 4. The molecule has 0 amide bonds. The summed E-state index contributed by atoms with van der Waals surface area (Å²) in [6.45, 7) is 10.2. The van der Waals surface area contributed by atoms with Gasteiger partial charge in [0.2, 0.25) is 5.72 Å². The molecule has 3 heterocycles. The number of nitrogen functional groups attached to an aromatic ring is 1. The van der Waals surface area contributed by atoms with Gasteiger partial charge >= 0.3 is 11.7 Å². The number of cyclic esters (lactones) is 1. The normalized spacial score (nSPS) is 32.4. The molecule has 1 saturated heterocycles. The van der Waals surface area contributed by atoms with Gasteiger partial charge in [0.25, 0.3) is 5.67 Å². The third kappa shape index (κ3) is 8.38. The number of benzene rings is 1. The van der Waals surface area contributed by atoms with E-state index in [1.165, 1.54) is 12.3 Å². The molecule has 1 fully saturated rings. The number of pyridine rings is 1. The van der Waals surface area contributed by atoms with Crippen molar-refractivity contribution in [1.82, 2.24) is 25.2 Å². The molecule has 52 heavy (non-hydrogen) atoms. The summed E-state index contributed by atoms with van der Waals surface area (Å²) in [4.78, 5) is 49.1. The average Bonchev–Trinajstić information content (AvgIpc) is 3.11. The van der Waals surface area contributed by atoms with Crippen LogP contribution >= 0.6 is 0 Å². The van der Waals surface area contributed by atoms with Crippen molar-refractivity contribution in [1.29, 1.82) is 0 Å². The van der Waals surface area contributed by atoms with Crippen LogP contribution in [0.3, 0.4) is 0 Å². The van der Waals surface area contributed by atoms with Crippen LogP contribution in [-0.4, -0.2) is 81.8 Å².